The van der Waals surface area contributed by atoms with Gasteiger partial charge >= 0.3 is 0 Å². The van der Waals surface area contributed by atoms with Gasteiger partial charge < -0.3 is 24.8 Å². The fourth-order valence-corrected chi connectivity index (χ4v) is 4.13. The Labute approximate surface area is 215 Å². The number of hydrogen-bond donors (Lipinski definition) is 1. The highest BCUT2D eigenvalue weighted by Crippen LogP contribution is 2.21. The first-order valence-corrected chi connectivity index (χ1v) is 12.9. The van der Waals surface area contributed by atoms with Crippen molar-refractivity contribution in [2.75, 3.05) is 26.4 Å². The summed E-state index contributed by atoms with van der Waals surface area (Å²) >= 11 is 0. The van der Waals surface area contributed by atoms with Crippen LogP contribution in [0.2, 0.25) is 0 Å². The molecule has 0 saturated heterocycles. The molecular weight excluding hydrogens is 452 g/mol. The van der Waals surface area contributed by atoms with Gasteiger partial charge in [0.15, 0.2) is 6.29 Å². The molecule has 3 rings (SSSR count). The van der Waals surface area contributed by atoms with Crippen LogP contribution in [0.1, 0.15) is 38.8 Å². The monoisotopic (exact) mass is 492 g/mol. The molecule has 2 N–H and O–H groups in total. The average molecular weight is 493 g/mol. The Morgan fingerprint density at radius 1 is 0.917 bits per heavy atom. The van der Waals surface area contributed by atoms with Crippen molar-refractivity contribution in [2.45, 2.75) is 53.0 Å². The number of amides is 1. The van der Waals surface area contributed by atoms with Crippen LogP contribution in [0.4, 0.5) is 0 Å². The van der Waals surface area contributed by atoms with E-state index < -0.39 is 12.3 Å². The van der Waals surface area contributed by atoms with Crippen molar-refractivity contribution in [3.8, 4) is 5.75 Å². The zero-order valence-corrected chi connectivity index (χ0v) is 22.0. The van der Waals surface area contributed by atoms with Crippen molar-refractivity contribution < 1.29 is 19.0 Å². The van der Waals surface area contributed by atoms with Crippen molar-refractivity contribution in [1.82, 2.24) is 4.90 Å². The highest BCUT2D eigenvalue weighted by Gasteiger charge is 2.25. The third kappa shape index (κ3) is 8.05. The Morgan fingerprint density at radius 2 is 1.58 bits per heavy atom. The lowest BCUT2D eigenvalue weighted by molar-refractivity contribution is -0.160. The van der Waals surface area contributed by atoms with Gasteiger partial charge in [-0.1, -0.05) is 68.4 Å². The molecule has 0 aromatic heterocycles. The van der Waals surface area contributed by atoms with E-state index in [2.05, 4.69) is 38.1 Å². The number of ether oxygens (including phenoxy) is 3. The van der Waals surface area contributed by atoms with Gasteiger partial charge in [0.05, 0.1) is 19.2 Å². The van der Waals surface area contributed by atoms with Gasteiger partial charge in [-0.05, 0) is 60.2 Å². The van der Waals surface area contributed by atoms with Crippen LogP contribution in [-0.4, -0.2) is 49.5 Å². The van der Waals surface area contributed by atoms with Gasteiger partial charge in [-0.15, -0.1) is 0 Å². The molecule has 6 heteroatoms. The molecule has 3 aromatic rings. The standard InChI is InChI=1S/C30H40N2O4/c1-5-34-29(35-6-2)20-32(19-25-12-9-11-24-10-7-8-13-27(24)25)30(33)28(31)18-23-14-16-26(17-15-23)36-21-22(3)4/h7-17,22,28-29H,5-6,18-21,31H2,1-4H3/t28-/m0/s1. The summed E-state index contributed by atoms with van der Waals surface area (Å²) in [6.45, 7) is 10.5. The van der Waals surface area contributed by atoms with Gasteiger partial charge in [-0.3, -0.25) is 4.79 Å². The first kappa shape index (κ1) is 27.7. The molecule has 0 aliphatic rings. The Bertz CT molecular complexity index is 1070. The largest absolute Gasteiger partial charge is 0.493 e. The summed E-state index contributed by atoms with van der Waals surface area (Å²) in [7, 11) is 0. The van der Waals surface area contributed by atoms with Crippen LogP contribution >= 0.6 is 0 Å². The van der Waals surface area contributed by atoms with Crippen LogP contribution < -0.4 is 10.5 Å². The molecule has 0 aliphatic heterocycles. The van der Waals surface area contributed by atoms with Crippen LogP contribution in [0.15, 0.2) is 66.7 Å². The molecule has 3 aromatic carbocycles. The second-order valence-electron chi connectivity index (χ2n) is 9.36. The second kappa shape index (κ2) is 14.0. The minimum absolute atomic E-state index is 0.132. The minimum Gasteiger partial charge on any atom is -0.493 e. The van der Waals surface area contributed by atoms with Crippen LogP contribution in [0.3, 0.4) is 0 Å². The number of hydrogen-bond acceptors (Lipinski definition) is 5. The molecule has 36 heavy (non-hydrogen) atoms. The van der Waals surface area contributed by atoms with E-state index in [4.69, 9.17) is 19.9 Å². The molecule has 194 valence electrons. The Kier molecular flexibility index (Phi) is 10.7. The molecule has 0 radical (unpaired) electrons. The lowest BCUT2D eigenvalue weighted by Crippen LogP contribution is -2.48. The van der Waals surface area contributed by atoms with Crippen molar-refractivity contribution in [3.63, 3.8) is 0 Å². The number of fused-ring (bicyclic) bond motifs is 1. The van der Waals surface area contributed by atoms with Gasteiger partial charge in [0, 0.05) is 19.8 Å². The molecule has 6 nitrogen and oxygen atoms in total. The topological polar surface area (TPSA) is 74.0 Å². The quantitative estimate of drug-likeness (QED) is 0.314. The molecular formula is C30H40N2O4. The van der Waals surface area contributed by atoms with Gasteiger partial charge in [-0.25, -0.2) is 0 Å². The normalized spacial score (nSPS) is 12.3. The van der Waals surface area contributed by atoms with Crippen LogP contribution in [0.5, 0.6) is 5.75 Å². The summed E-state index contributed by atoms with van der Waals surface area (Å²) in [6, 6.07) is 21.5. The summed E-state index contributed by atoms with van der Waals surface area (Å²) in [6.07, 6.45) is -0.0768. The highest BCUT2D eigenvalue weighted by atomic mass is 16.7. The van der Waals surface area contributed by atoms with Crippen LogP contribution in [-0.2, 0) is 27.2 Å². The third-order valence-corrected chi connectivity index (χ3v) is 5.91. The Balaban J connectivity index is 1.77. The molecule has 0 bridgehead atoms. The van der Waals surface area contributed by atoms with Gasteiger partial charge in [0.25, 0.3) is 0 Å². The number of nitrogens with two attached hydrogens (primary N) is 1. The maximum Gasteiger partial charge on any atom is 0.240 e. The number of carbonyl (C=O) groups excluding carboxylic acids is 1. The molecule has 0 spiro atoms. The summed E-state index contributed by atoms with van der Waals surface area (Å²) in [5.41, 5.74) is 8.52. The molecule has 1 amide bonds. The summed E-state index contributed by atoms with van der Waals surface area (Å²) in [5, 5.41) is 2.25. The lowest BCUT2D eigenvalue weighted by Gasteiger charge is -2.30. The van der Waals surface area contributed by atoms with E-state index in [0.29, 0.717) is 45.2 Å². The zero-order chi connectivity index (χ0) is 25.9. The van der Waals surface area contributed by atoms with Gasteiger partial charge in [0.2, 0.25) is 5.91 Å². The lowest BCUT2D eigenvalue weighted by atomic mass is 10.0. The van der Waals surface area contributed by atoms with E-state index in [1.165, 1.54) is 0 Å². The molecule has 0 heterocycles. The van der Waals surface area contributed by atoms with E-state index in [9.17, 15) is 4.79 Å². The van der Waals surface area contributed by atoms with Crippen molar-refractivity contribution in [3.05, 3.63) is 77.9 Å². The third-order valence-electron chi connectivity index (χ3n) is 5.91. The van der Waals surface area contributed by atoms with E-state index in [0.717, 1.165) is 27.6 Å². The summed E-state index contributed by atoms with van der Waals surface area (Å²) in [5.74, 6) is 1.15. The predicted octanol–water partition coefficient (Wildman–Crippen LogP) is 5.17. The SMILES string of the molecule is CCOC(CN(Cc1cccc2ccccc12)C(=O)[C@@H](N)Cc1ccc(OCC(C)C)cc1)OCC. The Morgan fingerprint density at radius 3 is 2.25 bits per heavy atom. The van der Waals surface area contributed by atoms with Gasteiger partial charge in [0.1, 0.15) is 5.75 Å². The van der Waals surface area contributed by atoms with Crippen molar-refractivity contribution >= 4 is 16.7 Å². The van der Waals surface area contributed by atoms with Crippen molar-refractivity contribution in [2.24, 2.45) is 11.7 Å². The highest BCUT2D eigenvalue weighted by molar-refractivity contribution is 5.87. The molecule has 0 fully saturated rings. The first-order valence-electron chi connectivity index (χ1n) is 12.9. The van der Waals surface area contributed by atoms with Gasteiger partial charge in [-0.2, -0.15) is 0 Å². The maximum atomic E-state index is 13.6. The smallest absolute Gasteiger partial charge is 0.240 e. The van der Waals surface area contributed by atoms with E-state index in [1.54, 1.807) is 4.90 Å². The summed E-state index contributed by atoms with van der Waals surface area (Å²) < 4.78 is 17.3. The predicted molar refractivity (Wildman–Crippen MR) is 145 cm³/mol. The number of rotatable bonds is 14. The fraction of sp³-hybridized carbons (Fsp3) is 0.433. The zero-order valence-electron chi connectivity index (χ0n) is 22.0. The van der Waals surface area contributed by atoms with Crippen molar-refractivity contribution in [1.29, 1.82) is 0 Å². The van der Waals surface area contributed by atoms with E-state index in [-0.39, 0.29) is 5.91 Å². The minimum atomic E-state index is -0.689. The molecule has 1 atom stereocenters. The molecule has 0 unspecified atom stereocenters. The summed E-state index contributed by atoms with van der Waals surface area (Å²) in [4.78, 5) is 15.4. The number of benzene rings is 3. The maximum absolute atomic E-state index is 13.6. The van der Waals surface area contributed by atoms with Crippen LogP contribution in [0, 0.1) is 5.92 Å². The van der Waals surface area contributed by atoms with E-state index >= 15 is 0 Å². The number of nitrogens with zero attached hydrogens (tertiary/aromatic N) is 1. The Hall–Kier alpha value is -2.93. The first-order chi connectivity index (χ1) is 17.4. The van der Waals surface area contributed by atoms with Crippen LogP contribution in [0.25, 0.3) is 10.8 Å². The molecule has 0 aliphatic carbocycles. The number of carbonyl (C=O) groups is 1. The fourth-order valence-electron chi connectivity index (χ4n) is 4.13. The second-order valence-corrected chi connectivity index (χ2v) is 9.36. The molecule has 0 saturated carbocycles. The average Bonchev–Trinajstić information content (AvgIpc) is 2.88. The van der Waals surface area contributed by atoms with E-state index in [1.807, 2.05) is 56.3 Å².